The molecule has 0 saturated carbocycles. The molecule has 0 aliphatic carbocycles. The fraction of sp³-hybridized carbons (Fsp3) is 0.353. The van der Waals surface area contributed by atoms with Crippen molar-refractivity contribution in [2.45, 2.75) is 17.9 Å². The summed E-state index contributed by atoms with van der Waals surface area (Å²) in [7, 11) is 3.91. The van der Waals surface area contributed by atoms with Crippen molar-refractivity contribution in [2.75, 3.05) is 26.9 Å². The van der Waals surface area contributed by atoms with E-state index in [9.17, 15) is 0 Å². The van der Waals surface area contributed by atoms with Crippen LogP contribution < -0.4 is 5.32 Å². The summed E-state index contributed by atoms with van der Waals surface area (Å²) in [6, 6.07) is 13.0. The van der Waals surface area contributed by atoms with Gasteiger partial charge in [-0.1, -0.05) is 18.2 Å². The third-order valence-electron chi connectivity index (χ3n) is 3.39. The Hall–Kier alpha value is -1.46. The van der Waals surface area contributed by atoms with Crippen molar-refractivity contribution in [1.29, 1.82) is 0 Å². The molecule has 22 heavy (non-hydrogen) atoms. The Morgan fingerprint density at radius 3 is 2.64 bits per heavy atom. The van der Waals surface area contributed by atoms with Gasteiger partial charge in [0.1, 0.15) is 0 Å². The van der Waals surface area contributed by atoms with Crippen molar-refractivity contribution in [2.24, 2.45) is 4.99 Å². The second kappa shape index (κ2) is 8.86. The van der Waals surface area contributed by atoms with E-state index in [4.69, 9.17) is 0 Å². The van der Waals surface area contributed by atoms with Gasteiger partial charge in [-0.25, -0.2) is 0 Å². The molecular weight excluding hydrogens is 310 g/mol. The normalized spacial score (nSPS) is 11.5. The smallest absolute Gasteiger partial charge is 0.193 e. The van der Waals surface area contributed by atoms with Crippen LogP contribution in [0.3, 0.4) is 0 Å². The average molecular weight is 334 g/mol. The summed E-state index contributed by atoms with van der Waals surface area (Å²) in [5, 5.41) is 5.55. The molecule has 0 unspecified atom stereocenters. The molecular formula is C17H23N3S2. The molecule has 1 N–H and O–H groups in total. The number of benzene rings is 1. The molecule has 2 rings (SSSR count). The largest absolute Gasteiger partial charge is 0.356 e. The molecule has 1 heterocycles. The molecule has 0 fully saturated rings. The topological polar surface area (TPSA) is 27.6 Å². The van der Waals surface area contributed by atoms with E-state index in [1.165, 1.54) is 15.3 Å². The highest BCUT2D eigenvalue weighted by atomic mass is 32.2. The fourth-order valence-corrected chi connectivity index (χ4v) is 3.33. The van der Waals surface area contributed by atoms with Crippen molar-refractivity contribution < 1.29 is 0 Å². The van der Waals surface area contributed by atoms with Crippen LogP contribution >= 0.6 is 23.1 Å². The lowest BCUT2D eigenvalue weighted by molar-refractivity contribution is 0.477. The Bertz CT molecular complexity index is 576. The Labute approximate surface area is 141 Å². The Morgan fingerprint density at radius 2 is 2.05 bits per heavy atom. The summed E-state index contributed by atoms with van der Waals surface area (Å²) in [5.74, 6) is 0.936. The zero-order valence-corrected chi connectivity index (χ0v) is 15.0. The number of hydrogen-bond donors (Lipinski definition) is 1. The highest BCUT2D eigenvalue weighted by molar-refractivity contribution is 7.98. The summed E-state index contributed by atoms with van der Waals surface area (Å²) in [6.07, 6.45) is 3.13. The highest BCUT2D eigenvalue weighted by Gasteiger charge is 2.06. The van der Waals surface area contributed by atoms with Crippen molar-refractivity contribution in [3.8, 4) is 0 Å². The van der Waals surface area contributed by atoms with Gasteiger partial charge < -0.3 is 10.2 Å². The van der Waals surface area contributed by atoms with Gasteiger partial charge in [0.2, 0.25) is 0 Å². The van der Waals surface area contributed by atoms with Crippen LogP contribution in [0.1, 0.15) is 10.4 Å². The Balaban J connectivity index is 1.83. The average Bonchev–Trinajstić information content (AvgIpc) is 3.05. The van der Waals surface area contributed by atoms with Crippen LogP contribution in [0.2, 0.25) is 0 Å². The maximum absolute atomic E-state index is 4.37. The third kappa shape index (κ3) is 5.07. The number of nitrogens with zero attached hydrogens (tertiary/aromatic N) is 2. The van der Waals surface area contributed by atoms with Gasteiger partial charge in [0.25, 0.3) is 0 Å². The van der Waals surface area contributed by atoms with E-state index in [-0.39, 0.29) is 0 Å². The molecule has 3 nitrogen and oxygen atoms in total. The minimum absolute atomic E-state index is 0.855. The zero-order chi connectivity index (χ0) is 15.8. The first-order chi connectivity index (χ1) is 10.7. The van der Waals surface area contributed by atoms with Crippen molar-refractivity contribution in [3.05, 3.63) is 52.2 Å². The summed E-state index contributed by atoms with van der Waals surface area (Å²) in [4.78, 5) is 9.22. The fourth-order valence-electron chi connectivity index (χ4n) is 2.22. The second-order valence-electron chi connectivity index (χ2n) is 5.01. The van der Waals surface area contributed by atoms with Gasteiger partial charge in [0.15, 0.2) is 5.96 Å². The molecule has 0 aliphatic rings. The van der Waals surface area contributed by atoms with E-state index in [0.29, 0.717) is 0 Å². The standard InChI is InChI=1S/C17H23N3S2/c1-18-17(19-11-10-16-5-4-12-22-16)20(2)13-14-6-8-15(21-3)9-7-14/h4-9,12H,10-11,13H2,1-3H3,(H,18,19). The SMILES string of the molecule is CN=C(NCCc1cccs1)N(C)Cc1ccc(SC)cc1. The van der Waals surface area contributed by atoms with Crippen molar-refractivity contribution in [1.82, 2.24) is 10.2 Å². The van der Waals surface area contributed by atoms with Crippen molar-refractivity contribution >= 4 is 29.1 Å². The molecule has 0 saturated heterocycles. The molecule has 0 amide bonds. The first-order valence-electron chi connectivity index (χ1n) is 7.30. The van der Waals surface area contributed by atoms with Gasteiger partial charge in [-0.05, 0) is 41.8 Å². The molecule has 1 aromatic carbocycles. The maximum atomic E-state index is 4.37. The molecule has 5 heteroatoms. The van der Waals surface area contributed by atoms with Gasteiger partial charge in [0.05, 0.1) is 0 Å². The number of aliphatic imine (C=N–C) groups is 1. The third-order valence-corrected chi connectivity index (χ3v) is 5.07. The number of thioether (sulfide) groups is 1. The predicted octanol–water partition coefficient (Wildman–Crippen LogP) is 3.72. The van der Waals surface area contributed by atoms with Crippen LogP contribution in [0.4, 0.5) is 0 Å². The minimum atomic E-state index is 0.855. The first-order valence-corrected chi connectivity index (χ1v) is 9.40. The van der Waals surface area contributed by atoms with E-state index in [0.717, 1.165) is 25.5 Å². The van der Waals surface area contributed by atoms with Crippen LogP contribution in [0.15, 0.2) is 51.7 Å². The molecule has 2 aromatic rings. The lowest BCUT2D eigenvalue weighted by Crippen LogP contribution is -2.39. The van der Waals surface area contributed by atoms with Gasteiger partial charge in [-0.15, -0.1) is 23.1 Å². The first kappa shape index (κ1) is 16.9. The molecule has 0 aliphatic heterocycles. The van der Waals surface area contributed by atoms with Crippen molar-refractivity contribution in [3.63, 3.8) is 0 Å². The zero-order valence-electron chi connectivity index (χ0n) is 13.4. The number of thiophene rings is 1. The lowest BCUT2D eigenvalue weighted by Gasteiger charge is -2.22. The summed E-state index contributed by atoms with van der Waals surface area (Å²) in [6.45, 7) is 1.76. The lowest BCUT2D eigenvalue weighted by atomic mass is 10.2. The summed E-state index contributed by atoms with van der Waals surface area (Å²) in [5.41, 5.74) is 1.29. The number of guanidine groups is 1. The van der Waals surface area contributed by atoms with E-state index in [1.54, 1.807) is 23.1 Å². The van der Waals surface area contributed by atoms with E-state index in [2.05, 4.69) is 70.3 Å². The van der Waals surface area contributed by atoms with Crippen LogP contribution in [0, 0.1) is 0 Å². The van der Waals surface area contributed by atoms with E-state index >= 15 is 0 Å². The second-order valence-corrected chi connectivity index (χ2v) is 6.92. The van der Waals surface area contributed by atoms with Crippen LogP contribution in [-0.2, 0) is 13.0 Å². The number of nitrogens with one attached hydrogen (secondary N) is 1. The van der Waals surface area contributed by atoms with Crippen LogP contribution in [-0.4, -0.2) is 37.8 Å². The molecule has 0 atom stereocenters. The van der Waals surface area contributed by atoms with Gasteiger partial charge in [-0.2, -0.15) is 0 Å². The number of rotatable bonds is 6. The molecule has 1 aromatic heterocycles. The van der Waals surface area contributed by atoms with Gasteiger partial charge in [-0.3, -0.25) is 4.99 Å². The van der Waals surface area contributed by atoms with Gasteiger partial charge in [0, 0.05) is 37.0 Å². The minimum Gasteiger partial charge on any atom is -0.356 e. The van der Waals surface area contributed by atoms with Crippen LogP contribution in [0.5, 0.6) is 0 Å². The highest BCUT2D eigenvalue weighted by Crippen LogP contribution is 2.15. The molecule has 0 bridgehead atoms. The van der Waals surface area contributed by atoms with E-state index < -0.39 is 0 Å². The van der Waals surface area contributed by atoms with Crippen LogP contribution in [0.25, 0.3) is 0 Å². The molecule has 0 radical (unpaired) electrons. The Morgan fingerprint density at radius 1 is 1.27 bits per heavy atom. The quantitative estimate of drug-likeness (QED) is 0.496. The van der Waals surface area contributed by atoms with E-state index in [1.807, 2.05) is 7.05 Å². The summed E-state index contributed by atoms with van der Waals surface area (Å²) >= 11 is 3.57. The Kier molecular flexibility index (Phi) is 6.80. The summed E-state index contributed by atoms with van der Waals surface area (Å²) < 4.78 is 0. The number of hydrogen-bond acceptors (Lipinski definition) is 3. The predicted molar refractivity (Wildman–Crippen MR) is 99.1 cm³/mol. The monoisotopic (exact) mass is 333 g/mol. The van der Waals surface area contributed by atoms with Gasteiger partial charge >= 0.3 is 0 Å². The maximum Gasteiger partial charge on any atom is 0.193 e. The molecule has 118 valence electrons. The molecule has 0 spiro atoms.